The van der Waals surface area contributed by atoms with Gasteiger partial charge in [0.05, 0.1) is 16.4 Å². The van der Waals surface area contributed by atoms with Crippen molar-refractivity contribution in [3.8, 4) is 39.1 Å². The SMILES string of the molecule is c1ccc(C2(c3ccc(N(c4ccc(-c5ccc(-n6c7ccccc7c7ccccc76)cc5)cc4)c4ccc(-c5ccc6sc7ccccc7c6c5)cc4)cc3)c3ccccc3-c3ccccc32)cc1. The molecule has 0 atom stereocenters. The molecule has 2 aromatic heterocycles. The molecule has 1 aliphatic rings. The van der Waals surface area contributed by atoms with E-state index in [0.29, 0.717) is 0 Å². The van der Waals surface area contributed by atoms with E-state index in [4.69, 9.17) is 0 Å². The number of para-hydroxylation sites is 2. The molecule has 328 valence electrons. The van der Waals surface area contributed by atoms with E-state index in [2.05, 4.69) is 276 Å². The summed E-state index contributed by atoms with van der Waals surface area (Å²) in [6.07, 6.45) is 0. The Morgan fingerprint density at radius 3 is 1.34 bits per heavy atom. The van der Waals surface area contributed by atoms with Gasteiger partial charge in [0, 0.05) is 53.7 Å². The first kappa shape index (κ1) is 40.3. The van der Waals surface area contributed by atoms with Gasteiger partial charge in [-0.15, -0.1) is 11.3 Å². The van der Waals surface area contributed by atoms with Gasteiger partial charge in [0.1, 0.15) is 0 Å². The van der Waals surface area contributed by atoms with Crippen molar-refractivity contribution in [2.24, 2.45) is 0 Å². The third-order valence-corrected chi connectivity index (χ3v) is 15.9. The second-order valence-corrected chi connectivity index (χ2v) is 19.5. The van der Waals surface area contributed by atoms with E-state index < -0.39 is 5.41 Å². The lowest BCUT2D eigenvalue weighted by Crippen LogP contribution is -2.28. The topological polar surface area (TPSA) is 8.17 Å². The summed E-state index contributed by atoms with van der Waals surface area (Å²) in [5.74, 6) is 0. The summed E-state index contributed by atoms with van der Waals surface area (Å²) in [6.45, 7) is 0. The zero-order chi connectivity index (χ0) is 46.2. The van der Waals surface area contributed by atoms with E-state index in [0.717, 1.165) is 22.7 Å². The molecule has 0 saturated heterocycles. The molecule has 0 aliphatic heterocycles. The van der Waals surface area contributed by atoms with Gasteiger partial charge >= 0.3 is 0 Å². The molecule has 0 fully saturated rings. The molecule has 14 rings (SSSR count). The van der Waals surface area contributed by atoms with Crippen molar-refractivity contribution < 1.29 is 0 Å². The Morgan fingerprint density at radius 2 is 0.743 bits per heavy atom. The van der Waals surface area contributed by atoms with Gasteiger partial charge in [-0.2, -0.15) is 0 Å². The van der Waals surface area contributed by atoms with Crippen LogP contribution in [0.5, 0.6) is 0 Å². The van der Waals surface area contributed by atoms with Gasteiger partial charge < -0.3 is 9.47 Å². The first-order valence-electron chi connectivity index (χ1n) is 24.1. The van der Waals surface area contributed by atoms with Gasteiger partial charge in [0.25, 0.3) is 0 Å². The number of rotatable bonds is 8. The summed E-state index contributed by atoms with van der Waals surface area (Å²) in [5, 5.41) is 5.16. The molecular weight excluding hydrogens is 865 g/mol. The second-order valence-electron chi connectivity index (χ2n) is 18.4. The van der Waals surface area contributed by atoms with Crippen LogP contribution in [0.15, 0.2) is 267 Å². The van der Waals surface area contributed by atoms with Crippen LogP contribution in [-0.4, -0.2) is 4.57 Å². The highest BCUT2D eigenvalue weighted by atomic mass is 32.1. The van der Waals surface area contributed by atoms with Crippen LogP contribution in [-0.2, 0) is 5.41 Å². The molecule has 11 aromatic carbocycles. The highest BCUT2D eigenvalue weighted by Crippen LogP contribution is 2.56. The number of nitrogens with zero attached hydrogens (tertiary/aromatic N) is 2. The highest BCUT2D eigenvalue weighted by molar-refractivity contribution is 7.25. The predicted molar refractivity (Wildman–Crippen MR) is 297 cm³/mol. The van der Waals surface area contributed by atoms with E-state index in [1.165, 1.54) is 97.6 Å². The van der Waals surface area contributed by atoms with Gasteiger partial charge in [-0.1, -0.05) is 188 Å². The molecule has 13 aromatic rings. The minimum atomic E-state index is -0.465. The van der Waals surface area contributed by atoms with Crippen LogP contribution < -0.4 is 4.90 Å². The molecule has 0 amide bonds. The summed E-state index contributed by atoms with van der Waals surface area (Å²) in [6, 6.07) is 98.4. The maximum Gasteiger partial charge on any atom is 0.0713 e. The van der Waals surface area contributed by atoms with Crippen LogP contribution in [0.4, 0.5) is 17.1 Å². The van der Waals surface area contributed by atoms with E-state index in [-0.39, 0.29) is 0 Å². The fourth-order valence-electron chi connectivity index (χ4n) is 11.5. The average molecular weight is 909 g/mol. The number of thiophene rings is 1. The Morgan fingerprint density at radius 1 is 0.314 bits per heavy atom. The summed E-state index contributed by atoms with van der Waals surface area (Å²) < 4.78 is 5.02. The van der Waals surface area contributed by atoms with Crippen LogP contribution in [0.2, 0.25) is 0 Å². The molecular formula is C67H44N2S. The van der Waals surface area contributed by atoms with Crippen LogP contribution in [0, 0.1) is 0 Å². The molecule has 3 heteroatoms. The normalized spacial score (nSPS) is 12.7. The van der Waals surface area contributed by atoms with Crippen LogP contribution >= 0.6 is 11.3 Å². The molecule has 2 nitrogen and oxygen atoms in total. The smallest absolute Gasteiger partial charge is 0.0713 e. The monoisotopic (exact) mass is 908 g/mol. The van der Waals surface area contributed by atoms with Crippen molar-refractivity contribution >= 4 is 70.4 Å². The average Bonchev–Trinajstić information content (AvgIpc) is 4.08. The molecule has 0 radical (unpaired) electrons. The van der Waals surface area contributed by atoms with Crippen molar-refractivity contribution in [3.63, 3.8) is 0 Å². The molecule has 0 saturated carbocycles. The Balaban J connectivity index is 0.860. The number of hydrogen-bond donors (Lipinski definition) is 0. The van der Waals surface area contributed by atoms with Gasteiger partial charge in [-0.25, -0.2) is 0 Å². The number of anilines is 3. The first-order chi connectivity index (χ1) is 34.7. The molecule has 2 heterocycles. The summed E-state index contributed by atoms with van der Waals surface area (Å²) in [7, 11) is 0. The largest absolute Gasteiger partial charge is 0.311 e. The van der Waals surface area contributed by atoms with Crippen LogP contribution in [0.3, 0.4) is 0 Å². The van der Waals surface area contributed by atoms with Crippen molar-refractivity contribution in [3.05, 3.63) is 289 Å². The second kappa shape index (κ2) is 16.2. The zero-order valence-corrected chi connectivity index (χ0v) is 39.0. The van der Waals surface area contributed by atoms with Crippen LogP contribution in [0.25, 0.3) is 81.0 Å². The maximum atomic E-state index is 2.39. The number of hydrogen-bond acceptors (Lipinski definition) is 2. The lowest BCUT2D eigenvalue weighted by Gasteiger charge is -2.34. The lowest BCUT2D eigenvalue weighted by atomic mass is 9.68. The number of benzene rings is 11. The summed E-state index contributed by atoms with van der Waals surface area (Å²) >= 11 is 1.86. The standard InChI is InChI=1S/C67H44N2S/c1-2-14-49(15-3-1)67(61-21-9-4-16-55(61)56-17-5-10-22-62(56)67)50-33-41-53(42-34-50)68(52-37-30-47(31-38-52)48-32-43-66-60(44-48)59-20-8-13-25-65(59)70-66)51-35-26-45(27-36-51)46-28-39-54(40-29-46)69-63-23-11-6-18-57(63)58-19-7-12-24-64(58)69/h1-44H. The van der Waals surface area contributed by atoms with Gasteiger partial charge in [-0.3, -0.25) is 0 Å². The molecule has 1 aliphatic carbocycles. The Kier molecular flexibility index (Phi) is 9.33. The van der Waals surface area contributed by atoms with Crippen molar-refractivity contribution in [2.45, 2.75) is 5.41 Å². The van der Waals surface area contributed by atoms with Crippen molar-refractivity contribution in [1.29, 1.82) is 0 Å². The van der Waals surface area contributed by atoms with Crippen LogP contribution in [0.1, 0.15) is 22.3 Å². The third kappa shape index (κ3) is 6.25. The molecule has 0 bridgehead atoms. The molecule has 70 heavy (non-hydrogen) atoms. The van der Waals surface area contributed by atoms with E-state index in [1.54, 1.807) is 0 Å². The zero-order valence-electron chi connectivity index (χ0n) is 38.2. The van der Waals surface area contributed by atoms with E-state index in [9.17, 15) is 0 Å². The summed E-state index contributed by atoms with van der Waals surface area (Å²) in [5.41, 5.74) is 18.9. The van der Waals surface area contributed by atoms with Crippen molar-refractivity contribution in [2.75, 3.05) is 4.90 Å². The molecule has 0 N–H and O–H groups in total. The first-order valence-corrected chi connectivity index (χ1v) is 24.9. The van der Waals surface area contributed by atoms with Gasteiger partial charge in [0.15, 0.2) is 0 Å². The summed E-state index contributed by atoms with van der Waals surface area (Å²) in [4.78, 5) is 2.39. The Labute approximate surface area is 411 Å². The van der Waals surface area contributed by atoms with Crippen molar-refractivity contribution in [1.82, 2.24) is 4.57 Å². The number of aromatic nitrogens is 1. The number of fused-ring (bicyclic) bond motifs is 9. The predicted octanol–water partition coefficient (Wildman–Crippen LogP) is 18.3. The maximum absolute atomic E-state index is 2.39. The van der Waals surface area contributed by atoms with Gasteiger partial charge in [0.2, 0.25) is 0 Å². The fraction of sp³-hybridized carbons (Fsp3) is 0.0149. The minimum absolute atomic E-state index is 0.465. The van der Waals surface area contributed by atoms with E-state index >= 15 is 0 Å². The Bertz CT molecular complexity index is 3990. The quantitative estimate of drug-likeness (QED) is 0.147. The third-order valence-electron chi connectivity index (χ3n) is 14.7. The lowest BCUT2D eigenvalue weighted by molar-refractivity contribution is 0.768. The fourth-order valence-corrected chi connectivity index (χ4v) is 12.6. The minimum Gasteiger partial charge on any atom is -0.311 e. The van der Waals surface area contributed by atoms with Gasteiger partial charge in [-0.05, 0) is 134 Å². The van der Waals surface area contributed by atoms with E-state index in [1.807, 2.05) is 11.3 Å². The Hall–Kier alpha value is -8.76. The highest BCUT2D eigenvalue weighted by Gasteiger charge is 2.45. The molecule has 0 spiro atoms. The molecule has 0 unspecified atom stereocenters.